The van der Waals surface area contributed by atoms with E-state index in [9.17, 15) is 0 Å². The summed E-state index contributed by atoms with van der Waals surface area (Å²) in [5, 5.41) is 0. The second-order valence-corrected chi connectivity index (χ2v) is 8.35. The van der Waals surface area contributed by atoms with E-state index in [0.717, 1.165) is 6.04 Å². The molecular formula is C13H30O2Si. The topological polar surface area (TPSA) is 18.5 Å². The molecule has 0 heterocycles. The van der Waals surface area contributed by atoms with Crippen molar-refractivity contribution in [1.82, 2.24) is 0 Å². The Morgan fingerprint density at radius 2 is 1.19 bits per heavy atom. The van der Waals surface area contributed by atoms with E-state index in [1.54, 1.807) is 14.2 Å². The zero-order chi connectivity index (χ0) is 12.3. The van der Waals surface area contributed by atoms with Crippen LogP contribution in [-0.4, -0.2) is 22.8 Å². The van der Waals surface area contributed by atoms with Gasteiger partial charge in [0.1, 0.15) is 0 Å². The molecule has 0 atom stereocenters. The molecule has 16 heavy (non-hydrogen) atoms. The Labute approximate surface area is 103 Å². The SMILES string of the molecule is CCCCCCCCCC[Si](C)(OC)OC. The molecule has 98 valence electrons. The Morgan fingerprint density at radius 3 is 1.62 bits per heavy atom. The van der Waals surface area contributed by atoms with E-state index >= 15 is 0 Å². The second-order valence-electron chi connectivity index (χ2n) is 4.77. The van der Waals surface area contributed by atoms with E-state index < -0.39 is 8.56 Å². The third-order valence-corrected chi connectivity index (χ3v) is 6.34. The first-order valence-corrected chi connectivity index (χ1v) is 9.31. The maximum absolute atomic E-state index is 5.46. The minimum absolute atomic E-state index is 1.13. The van der Waals surface area contributed by atoms with Crippen LogP contribution in [0.5, 0.6) is 0 Å². The van der Waals surface area contributed by atoms with Crippen molar-refractivity contribution in [2.45, 2.75) is 70.9 Å². The van der Waals surface area contributed by atoms with Gasteiger partial charge in [-0.25, -0.2) is 0 Å². The fourth-order valence-electron chi connectivity index (χ4n) is 1.87. The summed E-state index contributed by atoms with van der Waals surface area (Å²) in [4.78, 5) is 0. The smallest absolute Gasteiger partial charge is 0.334 e. The summed E-state index contributed by atoms with van der Waals surface area (Å²) in [7, 11) is 1.78. The van der Waals surface area contributed by atoms with Crippen LogP contribution >= 0.6 is 0 Å². The lowest BCUT2D eigenvalue weighted by Gasteiger charge is -2.22. The van der Waals surface area contributed by atoms with Crippen molar-refractivity contribution in [3.8, 4) is 0 Å². The summed E-state index contributed by atoms with van der Waals surface area (Å²) >= 11 is 0. The van der Waals surface area contributed by atoms with Gasteiger partial charge >= 0.3 is 8.56 Å². The molecule has 0 unspecified atom stereocenters. The van der Waals surface area contributed by atoms with E-state index in [1.165, 1.54) is 51.4 Å². The van der Waals surface area contributed by atoms with E-state index in [4.69, 9.17) is 8.85 Å². The van der Waals surface area contributed by atoms with Gasteiger partial charge in [-0.05, 0) is 12.6 Å². The molecule has 0 saturated heterocycles. The molecular weight excluding hydrogens is 216 g/mol. The first-order valence-electron chi connectivity index (χ1n) is 6.79. The number of unbranched alkanes of at least 4 members (excludes halogenated alkanes) is 7. The minimum Gasteiger partial charge on any atom is -0.398 e. The molecule has 0 aliphatic rings. The molecule has 0 amide bonds. The highest BCUT2D eigenvalue weighted by molar-refractivity contribution is 6.65. The summed E-state index contributed by atoms with van der Waals surface area (Å²) in [5.74, 6) is 0. The molecule has 0 rings (SSSR count). The average Bonchev–Trinajstić information content (AvgIpc) is 2.32. The monoisotopic (exact) mass is 246 g/mol. The van der Waals surface area contributed by atoms with E-state index in [1.807, 2.05) is 0 Å². The second kappa shape index (κ2) is 10.3. The standard InChI is InChI=1S/C13H30O2Si/c1-5-6-7-8-9-10-11-12-13-16(4,14-2)15-3/h5-13H2,1-4H3. The van der Waals surface area contributed by atoms with E-state index in [2.05, 4.69) is 13.5 Å². The van der Waals surface area contributed by atoms with Crippen molar-refractivity contribution in [3.05, 3.63) is 0 Å². The third kappa shape index (κ3) is 8.31. The van der Waals surface area contributed by atoms with Crippen molar-refractivity contribution in [1.29, 1.82) is 0 Å². The summed E-state index contributed by atoms with van der Waals surface area (Å²) < 4.78 is 10.9. The average molecular weight is 246 g/mol. The van der Waals surface area contributed by atoms with Crippen LogP contribution in [0.2, 0.25) is 12.6 Å². The molecule has 0 aliphatic carbocycles. The summed E-state index contributed by atoms with van der Waals surface area (Å²) in [6.45, 7) is 4.41. The van der Waals surface area contributed by atoms with Crippen LogP contribution in [0.15, 0.2) is 0 Å². The highest BCUT2D eigenvalue weighted by Gasteiger charge is 2.27. The zero-order valence-electron chi connectivity index (χ0n) is 11.7. The molecule has 0 N–H and O–H groups in total. The molecule has 0 fully saturated rings. The van der Waals surface area contributed by atoms with Gasteiger partial charge in [-0.15, -0.1) is 0 Å². The van der Waals surface area contributed by atoms with Gasteiger partial charge in [-0.2, -0.15) is 0 Å². The number of rotatable bonds is 11. The van der Waals surface area contributed by atoms with Gasteiger partial charge in [0.15, 0.2) is 0 Å². The number of hydrogen-bond acceptors (Lipinski definition) is 2. The normalized spacial score (nSPS) is 12.0. The highest BCUT2D eigenvalue weighted by Crippen LogP contribution is 2.17. The molecule has 0 radical (unpaired) electrons. The van der Waals surface area contributed by atoms with Crippen molar-refractivity contribution in [3.63, 3.8) is 0 Å². The zero-order valence-corrected chi connectivity index (χ0v) is 12.7. The van der Waals surface area contributed by atoms with Crippen molar-refractivity contribution in [2.24, 2.45) is 0 Å². The predicted octanol–water partition coefficient (Wildman–Crippen LogP) is 4.49. The molecule has 0 saturated carbocycles. The van der Waals surface area contributed by atoms with Gasteiger partial charge in [0, 0.05) is 14.2 Å². The van der Waals surface area contributed by atoms with Gasteiger partial charge in [0.25, 0.3) is 0 Å². The van der Waals surface area contributed by atoms with Gasteiger partial charge in [0.05, 0.1) is 0 Å². The molecule has 0 bridgehead atoms. The molecule has 0 spiro atoms. The third-order valence-electron chi connectivity index (χ3n) is 3.35. The summed E-state index contributed by atoms with van der Waals surface area (Å²) in [5.41, 5.74) is 0. The van der Waals surface area contributed by atoms with Crippen LogP contribution in [0.4, 0.5) is 0 Å². The molecule has 2 nitrogen and oxygen atoms in total. The fourth-order valence-corrected chi connectivity index (χ4v) is 3.33. The van der Waals surface area contributed by atoms with Crippen LogP contribution < -0.4 is 0 Å². The molecule has 0 aromatic heterocycles. The van der Waals surface area contributed by atoms with Crippen molar-refractivity contribution in [2.75, 3.05) is 14.2 Å². The minimum atomic E-state index is -1.78. The Bertz CT molecular complexity index is 147. The largest absolute Gasteiger partial charge is 0.398 e. The van der Waals surface area contributed by atoms with Gasteiger partial charge in [0.2, 0.25) is 0 Å². The maximum Gasteiger partial charge on any atom is 0.334 e. The Morgan fingerprint density at radius 1 is 0.750 bits per heavy atom. The summed E-state index contributed by atoms with van der Waals surface area (Å²) in [6.07, 6.45) is 10.9. The lowest BCUT2D eigenvalue weighted by atomic mass is 10.1. The first kappa shape index (κ1) is 16.1. The Balaban J connectivity index is 3.26. The Hall–Kier alpha value is 0.137. The van der Waals surface area contributed by atoms with Crippen molar-refractivity contribution < 1.29 is 8.85 Å². The first-order chi connectivity index (χ1) is 7.68. The molecule has 0 aromatic carbocycles. The lowest BCUT2D eigenvalue weighted by Crippen LogP contribution is -2.35. The predicted molar refractivity (Wildman–Crippen MR) is 73.1 cm³/mol. The maximum atomic E-state index is 5.46. The highest BCUT2D eigenvalue weighted by atomic mass is 28.4. The van der Waals surface area contributed by atoms with E-state index in [-0.39, 0.29) is 0 Å². The summed E-state index contributed by atoms with van der Waals surface area (Å²) in [6, 6.07) is 1.13. The molecule has 0 aliphatic heterocycles. The van der Waals surface area contributed by atoms with Gasteiger partial charge < -0.3 is 8.85 Å². The van der Waals surface area contributed by atoms with Crippen LogP contribution in [0, 0.1) is 0 Å². The van der Waals surface area contributed by atoms with Crippen LogP contribution in [0.25, 0.3) is 0 Å². The lowest BCUT2D eigenvalue weighted by molar-refractivity contribution is 0.248. The van der Waals surface area contributed by atoms with Crippen LogP contribution in [0.1, 0.15) is 58.3 Å². The Kier molecular flexibility index (Phi) is 10.4. The van der Waals surface area contributed by atoms with Crippen LogP contribution in [-0.2, 0) is 8.85 Å². The number of hydrogen-bond donors (Lipinski definition) is 0. The van der Waals surface area contributed by atoms with Crippen molar-refractivity contribution >= 4 is 8.56 Å². The fraction of sp³-hybridized carbons (Fsp3) is 1.00. The molecule has 3 heteroatoms. The van der Waals surface area contributed by atoms with Gasteiger partial charge in [-0.3, -0.25) is 0 Å². The molecule has 0 aromatic rings. The van der Waals surface area contributed by atoms with E-state index in [0.29, 0.717) is 0 Å². The van der Waals surface area contributed by atoms with Crippen LogP contribution in [0.3, 0.4) is 0 Å². The van der Waals surface area contributed by atoms with Gasteiger partial charge in [-0.1, -0.05) is 58.3 Å². The quantitative estimate of drug-likeness (QED) is 0.395.